The minimum atomic E-state index is -1.35. The van der Waals surface area contributed by atoms with Gasteiger partial charge >= 0.3 is 5.97 Å². The minimum absolute atomic E-state index is 0.0527. The third-order valence-corrected chi connectivity index (χ3v) is 6.00. The van der Waals surface area contributed by atoms with E-state index < -0.39 is 53.8 Å². The molecule has 1 aromatic rings. The maximum atomic E-state index is 12.8. The molecule has 8 N–H and O–H groups in total. The second kappa shape index (κ2) is 16.0. The molecule has 13 heteroatoms. The first kappa shape index (κ1) is 30.3. The molecule has 4 unspecified atom stereocenters. The number of hydrogen-bond donors (Lipinski definition) is 7. The molecule has 35 heavy (non-hydrogen) atoms. The summed E-state index contributed by atoms with van der Waals surface area (Å²) >= 11 is 5.56. The number of primary amides is 1. The van der Waals surface area contributed by atoms with Crippen LogP contribution in [-0.4, -0.2) is 76.6 Å². The molecule has 0 saturated heterocycles. The van der Waals surface area contributed by atoms with Crippen molar-refractivity contribution in [1.82, 2.24) is 16.0 Å². The van der Waals surface area contributed by atoms with Gasteiger partial charge in [0, 0.05) is 12.2 Å². The molecule has 0 heterocycles. The normalized spacial score (nSPS) is 14.1. The molecule has 0 fully saturated rings. The number of rotatable bonds is 16. The second-order valence-corrected chi connectivity index (χ2v) is 9.14. The zero-order valence-corrected chi connectivity index (χ0v) is 21.1. The zero-order chi connectivity index (χ0) is 26.4. The lowest BCUT2D eigenvalue weighted by molar-refractivity contribution is -0.142. The van der Waals surface area contributed by atoms with Crippen LogP contribution in [0.1, 0.15) is 24.8 Å². The van der Waals surface area contributed by atoms with Crippen molar-refractivity contribution in [3.8, 4) is 0 Å². The summed E-state index contributed by atoms with van der Waals surface area (Å²) in [6.45, 7) is 0. The van der Waals surface area contributed by atoms with E-state index in [2.05, 4.69) is 28.6 Å². The Balaban J connectivity index is 2.81. The molecule has 0 aliphatic rings. The quantitative estimate of drug-likeness (QED) is 0.134. The molecule has 0 bridgehead atoms. The Morgan fingerprint density at radius 1 is 0.943 bits per heavy atom. The van der Waals surface area contributed by atoms with Crippen LogP contribution in [-0.2, 0) is 30.4 Å². The highest BCUT2D eigenvalue weighted by molar-refractivity contribution is 7.98. The third kappa shape index (κ3) is 11.5. The van der Waals surface area contributed by atoms with Crippen molar-refractivity contribution in [1.29, 1.82) is 0 Å². The third-order valence-electron chi connectivity index (χ3n) is 4.99. The minimum Gasteiger partial charge on any atom is -0.480 e. The highest BCUT2D eigenvalue weighted by Crippen LogP contribution is 2.06. The number of thiol groups is 1. The van der Waals surface area contributed by atoms with E-state index in [1.807, 2.05) is 36.6 Å². The summed E-state index contributed by atoms with van der Waals surface area (Å²) in [7, 11) is 0. The van der Waals surface area contributed by atoms with Crippen molar-refractivity contribution in [2.45, 2.75) is 49.9 Å². The lowest BCUT2D eigenvalue weighted by atomic mass is 10.1. The topological polar surface area (TPSA) is 194 Å². The SMILES string of the molecule is CSCCC(NC(=O)C(CS)NC(=O)C(N)Cc1ccccc1)C(=O)NC(CCC(N)=O)C(=O)O. The van der Waals surface area contributed by atoms with Gasteiger partial charge in [-0.05, 0) is 36.8 Å². The molecule has 1 rings (SSSR count). The predicted octanol–water partition coefficient (Wildman–Crippen LogP) is -0.956. The van der Waals surface area contributed by atoms with E-state index in [-0.39, 0.29) is 31.4 Å². The van der Waals surface area contributed by atoms with E-state index in [1.165, 1.54) is 11.8 Å². The van der Waals surface area contributed by atoms with Gasteiger partial charge in [-0.15, -0.1) is 0 Å². The van der Waals surface area contributed by atoms with Gasteiger partial charge in [-0.2, -0.15) is 24.4 Å². The van der Waals surface area contributed by atoms with Crippen LogP contribution < -0.4 is 27.4 Å². The summed E-state index contributed by atoms with van der Waals surface area (Å²) in [6.07, 6.45) is 1.88. The Kier molecular flexibility index (Phi) is 13.8. The summed E-state index contributed by atoms with van der Waals surface area (Å²) in [5.74, 6) is -3.52. The largest absolute Gasteiger partial charge is 0.480 e. The first-order valence-electron chi connectivity index (χ1n) is 10.9. The van der Waals surface area contributed by atoms with Gasteiger partial charge < -0.3 is 32.5 Å². The Bertz CT molecular complexity index is 873. The summed E-state index contributed by atoms with van der Waals surface area (Å²) in [5.41, 5.74) is 11.9. The Morgan fingerprint density at radius 2 is 1.51 bits per heavy atom. The van der Waals surface area contributed by atoms with E-state index in [0.717, 1.165) is 5.56 Å². The molecule has 0 saturated carbocycles. The Labute approximate surface area is 213 Å². The summed E-state index contributed by atoms with van der Waals surface area (Å²) in [6, 6.07) is 4.78. The zero-order valence-electron chi connectivity index (χ0n) is 19.4. The van der Waals surface area contributed by atoms with Crippen LogP contribution in [0.4, 0.5) is 0 Å². The highest BCUT2D eigenvalue weighted by Gasteiger charge is 2.29. The van der Waals surface area contributed by atoms with Crippen molar-refractivity contribution < 1.29 is 29.1 Å². The highest BCUT2D eigenvalue weighted by atomic mass is 32.2. The first-order valence-corrected chi connectivity index (χ1v) is 12.9. The number of carbonyl (C=O) groups excluding carboxylic acids is 4. The molecule has 0 aliphatic carbocycles. The molecule has 0 spiro atoms. The van der Waals surface area contributed by atoms with Crippen molar-refractivity contribution in [2.75, 3.05) is 17.8 Å². The van der Waals surface area contributed by atoms with Gasteiger partial charge in [0.15, 0.2) is 0 Å². The molecule has 0 aliphatic heterocycles. The number of amides is 4. The van der Waals surface area contributed by atoms with Crippen LogP contribution in [0.25, 0.3) is 0 Å². The van der Waals surface area contributed by atoms with E-state index in [0.29, 0.717) is 5.75 Å². The number of nitrogens with two attached hydrogens (primary N) is 2. The molecular weight excluding hydrogens is 494 g/mol. The molecule has 0 aromatic heterocycles. The maximum Gasteiger partial charge on any atom is 0.326 e. The Hall–Kier alpha value is -2.77. The average Bonchev–Trinajstić information content (AvgIpc) is 2.82. The Morgan fingerprint density at radius 3 is 2.06 bits per heavy atom. The van der Waals surface area contributed by atoms with Crippen molar-refractivity contribution >= 4 is 54.0 Å². The van der Waals surface area contributed by atoms with Crippen LogP contribution in [0.5, 0.6) is 0 Å². The smallest absolute Gasteiger partial charge is 0.326 e. The van der Waals surface area contributed by atoms with Gasteiger partial charge in [-0.25, -0.2) is 4.79 Å². The van der Waals surface area contributed by atoms with Gasteiger partial charge in [-0.3, -0.25) is 19.2 Å². The second-order valence-electron chi connectivity index (χ2n) is 7.79. The summed E-state index contributed by atoms with van der Waals surface area (Å²) < 4.78 is 0. The van der Waals surface area contributed by atoms with Gasteiger partial charge in [0.1, 0.15) is 18.1 Å². The fourth-order valence-corrected chi connectivity index (χ4v) is 3.76. The number of aliphatic carboxylic acids is 1. The number of carboxylic acids is 1. The van der Waals surface area contributed by atoms with E-state index >= 15 is 0 Å². The standard InChI is InChI=1S/C22H33N5O6S2/c1-35-10-9-15(20(30)26-16(22(32)33)7-8-18(24)28)25-21(31)17(12-34)27-19(29)14(23)11-13-5-3-2-4-6-13/h2-6,14-17,34H,7-12,23H2,1H3,(H2,24,28)(H,25,31)(H,26,30)(H,27,29)(H,32,33). The van der Waals surface area contributed by atoms with Crippen molar-refractivity contribution in [2.24, 2.45) is 11.5 Å². The van der Waals surface area contributed by atoms with Crippen LogP contribution in [0.15, 0.2) is 30.3 Å². The van der Waals surface area contributed by atoms with Gasteiger partial charge in [-0.1, -0.05) is 30.3 Å². The van der Waals surface area contributed by atoms with Crippen LogP contribution in [0.3, 0.4) is 0 Å². The molecular formula is C22H33N5O6S2. The first-order chi connectivity index (χ1) is 16.6. The van der Waals surface area contributed by atoms with E-state index in [4.69, 9.17) is 11.5 Å². The lowest BCUT2D eigenvalue weighted by Gasteiger charge is -2.24. The summed E-state index contributed by atoms with van der Waals surface area (Å²) in [5, 5.41) is 16.8. The molecule has 4 atom stereocenters. The fraction of sp³-hybridized carbons (Fsp3) is 0.500. The number of thioether (sulfide) groups is 1. The number of carboxylic acid groups (broad SMARTS) is 1. The molecule has 194 valence electrons. The van der Waals surface area contributed by atoms with Gasteiger partial charge in [0.05, 0.1) is 6.04 Å². The van der Waals surface area contributed by atoms with Gasteiger partial charge in [0.25, 0.3) is 0 Å². The summed E-state index contributed by atoms with van der Waals surface area (Å²) in [4.78, 5) is 60.5. The van der Waals surface area contributed by atoms with Crippen molar-refractivity contribution in [3.05, 3.63) is 35.9 Å². The lowest BCUT2D eigenvalue weighted by Crippen LogP contribution is -2.58. The maximum absolute atomic E-state index is 12.8. The van der Waals surface area contributed by atoms with E-state index in [9.17, 15) is 29.1 Å². The van der Waals surface area contributed by atoms with Crippen molar-refractivity contribution in [3.63, 3.8) is 0 Å². The van der Waals surface area contributed by atoms with Crippen LogP contribution in [0.2, 0.25) is 0 Å². The van der Waals surface area contributed by atoms with Crippen LogP contribution >= 0.6 is 24.4 Å². The number of hydrogen-bond acceptors (Lipinski definition) is 8. The number of nitrogens with one attached hydrogen (secondary N) is 3. The number of carbonyl (C=O) groups is 5. The average molecular weight is 528 g/mol. The van der Waals surface area contributed by atoms with Crippen LogP contribution in [0, 0.1) is 0 Å². The molecule has 1 aromatic carbocycles. The van der Waals surface area contributed by atoms with E-state index in [1.54, 1.807) is 0 Å². The number of benzene rings is 1. The molecule has 11 nitrogen and oxygen atoms in total. The van der Waals surface area contributed by atoms with Gasteiger partial charge in [0.2, 0.25) is 23.6 Å². The monoisotopic (exact) mass is 527 g/mol. The molecule has 4 amide bonds. The molecule has 0 radical (unpaired) electrons. The fourth-order valence-electron chi connectivity index (χ4n) is 3.03. The predicted molar refractivity (Wildman–Crippen MR) is 137 cm³/mol.